The Bertz CT molecular complexity index is 644. The summed E-state index contributed by atoms with van der Waals surface area (Å²) in [5.74, 6) is -2.73. The highest BCUT2D eigenvalue weighted by molar-refractivity contribution is 6.13. The van der Waals surface area contributed by atoms with Gasteiger partial charge in [0.2, 0.25) is 0 Å². The first kappa shape index (κ1) is 10.8. The van der Waals surface area contributed by atoms with Crippen LogP contribution in [0.5, 0.6) is 0 Å². The number of carboxylic acids is 2. The second kappa shape index (κ2) is 3.57. The van der Waals surface area contributed by atoms with E-state index in [-0.39, 0.29) is 16.5 Å². The molecule has 90 valence electrons. The number of aromatic carboxylic acids is 2. The van der Waals surface area contributed by atoms with Gasteiger partial charge in [-0.1, -0.05) is 24.3 Å². The third-order valence-corrected chi connectivity index (χ3v) is 3.44. The van der Waals surface area contributed by atoms with Gasteiger partial charge in [0.25, 0.3) is 0 Å². The van der Waals surface area contributed by atoms with Crippen molar-refractivity contribution in [3.05, 3.63) is 46.5 Å². The molecule has 0 amide bonds. The van der Waals surface area contributed by atoms with E-state index in [9.17, 15) is 19.8 Å². The van der Waals surface area contributed by atoms with Gasteiger partial charge in [0.05, 0.1) is 11.9 Å². The average molecular weight is 240 g/mol. The molecule has 0 radical (unpaired) electrons. The fourth-order valence-corrected chi connectivity index (χ4v) is 2.67. The standard InChI is InChI=1S/C14H10O4/c15-13(16)9-5-3-7-1-2-8-4-6-10(14(17)18)12(9)11(7)8/h3-6H,1-2H2,(H,15,16)(H,17,18)/p-2. The molecule has 0 saturated heterocycles. The van der Waals surface area contributed by atoms with Gasteiger partial charge in [-0.15, -0.1) is 0 Å². The van der Waals surface area contributed by atoms with Crippen LogP contribution in [0.2, 0.25) is 0 Å². The summed E-state index contributed by atoms with van der Waals surface area (Å²) in [6.45, 7) is 0. The van der Waals surface area contributed by atoms with Gasteiger partial charge >= 0.3 is 0 Å². The van der Waals surface area contributed by atoms with Crippen molar-refractivity contribution < 1.29 is 19.8 Å². The molecule has 3 rings (SSSR count). The molecule has 0 saturated carbocycles. The molecule has 4 heteroatoms. The Morgan fingerprint density at radius 1 is 0.778 bits per heavy atom. The molecule has 0 N–H and O–H groups in total. The molecule has 1 aliphatic carbocycles. The van der Waals surface area contributed by atoms with E-state index in [0.29, 0.717) is 0 Å². The molecule has 0 aliphatic heterocycles. The van der Waals surface area contributed by atoms with Crippen molar-refractivity contribution in [2.75, 3.05) is 0 Å². The van der Waals surface area contributed by atoms with E-state index in [2.05, 4.69) is 0 Å². The van der Waals surface area contributed by atoms with Crippen LogP contribution in [-0.4, -0.2) is 11.9 Å². The second-order valence-electron chi connectivity index (χ2n) is 4.37. The van der Waals surface area contributed by atoms with Crippen LogP contribution in [0.1, 0.15) is 31.8 Å². The summed E-state index contributed by atoms with van der Waals surface area (Å²) in [6, 6.07) is 6.27. The zero-order valence-electron chi connectivity index (χ0n) is 9.36. The topological polar surface area (TPSA) is 80.3 Å². The summed E-state index contributed by atoms with van der Waals surface area (Å²) in [6.07, 6.45) is 1.60. The van der Waals surface area contributed by atoms with Gasteiger partial charge in [0, 0.05) is 16.5 Å². The molecule has 0 fully saturated rings. The molecule has 0 spiro atoms. The van der Waals surface area contributed by atoms with Gasteiger partial charge in [-0.2, -0.15) is 0 Å². The first-order chi connectivity index (χ1) is 8.59. The molecule has 0 unspecified atom stereocenters. The number of carbonyl (C=O) groups is 2. The van der Waals surface area contributed by atoms with Gasteiger partial charge in [-0.05, 0) is 29.4 Å². The van der Waals surface area contributed by atoms with Gasteiger partial charge in [-0.25, -0.2) is 0 Å². The second-order valence-corrected chi connectivity index (χ2v) is 4.37. The number of carboxylic acid groups (broad SMARTS) is 2. The van der Waals surface area contributed by atoms with E-state index in [0.717, 1.165) is 29.4 Å². The summed E-state index contributed by atoms with van der Waals surface area (Å²) in [5, 5.41) is 23.2. The number of hydrogen-bond donors (Lipinski definition) is 0. The summed E-state index contributed by atoms with van der Waals surface area (Å²) in [4.78, 5) is 22.2. The minimum absolute atomic E-state index is 0.0864. The first-order valence-corrected chi connectivity index (χ1v) is 5.59. The van der Waals surface area contributed by atoms with E-state index in [1.165, 1.54) is 12.1 Å². The molecule has 0 aromatic heterocycles. The highest BCUT2D eigenvalue weighted by atomic mass is 16.4. The highest BCUT2D eigenvalue weighted by Crippen LogP contribution is 2.34. The van der Waals surface area contributed by atoms with Crippen LogP contribution in [0.3, 0.4) is 0 Å². The van der Waals surface area contributed by atoms with Gasteiger partial charge in [-0.3, -0.25) is 0 Å². The molecule has 4 nitrogen and oxygen atoms in total. The van der Waals surface area contributed by atoms with Crippen molar-refractivity contribution in [2.24, 2.45) is 0 Å². The largest absolute Gasteiger partial charge is 0.545 e. The van der Waals surface area contributed by atoms with Gasteiger partial charge < -0.3 is 19.8 Å². The van der Waals surface area contributed by atoms with Crippen LogP contribution in [0.4, 0.5) is 0 Å². The van der Waals surface area contributed by atoms with E-state index < -0.39 is 11.9 Å². The normalized spacial score (nSPS) is 12.9. The minimum atomic E-state index is -1.37. The van der Waals surface area contributed by atoms with Crippen LogP contribution in [-0.2, 0) is 12.8 Å². The monoisotopic (exact) mass is 240 g/mol. The Labute approximate surface area is 102 Å². The maximum absolute atomic E-state index is 11.1. The van der Waals surface area contributed by atoms with Crippen LogP contribution < -0.4 is 10.2 Å². The average Bonchev–Trinajstić information content (AvgIpc) is 2.74. The fraction of sp³-hybridized carbons (Fsp3) is 0.143. The molecular formula is C14H8O4-2. The van der Waals surface area contributed by atoms with Gasteiger partial charge in [0.15, 0.2) is 0 Å². The summed E-state index contributed by atoms with van der Waals surface area (Å²) in [5.41, 5.74) is 1.79. The smallest absolute Gasteiger partial charge is 0.0721 e. The Morgan fingerprint density at radius 2 is 1.22 bits per heavy atom. The number of benzene rings is 2. The maximum Gasteiger partial charge on any atom is 0.0721 e. The predicted octanol–water partition coefficient (Wildman–Crippen LogP) is -0.335. The molecule has 0 atom stereocenters. The number of hydrogen-bond acceptors (Lipinski definition) is 4. The van der Waals surface area contributed by atoms with Crippen LogP contribution in [0.15, 0.2) is 24.3 Å². The summed E-state index contributed by atoms with van der Waals surface area (Å²) in [7, 11) is 0. The summed E-state index contributed by atoms with van der Waals surface area (Å²) < 4.78 is 0. The van der Waals surface area contributed by atoms with Gasteiger partial charge in [0.1, 0.15) is 0 Å². The lowest BCUT2D eigenvalue weighted by Gasteiger charge is -2.14. The third kappa shape index (κ3) is 1.32. The molecule has 1 aliphatic rings. The number of aryl methyl sites for hydroxylation is 2. The van der Waals surface area contributed by atoms with Crippen molar-refractivity contribution in [3.63, 3.8) is 0 Å². The molecule has 2 aromatic carbocycles. The predicted molar refractivity (Wildman–Crippen MR) is 60.0 cm³/mol. The maximum atomic E-state index is 11.1. The number of rotatable bonds is 2. The van der Waals surface area contributed by atoms with Crippen molar-refractivity contribution in [3.8, 4) is 0 Å². The lowest BCUT2D eigenvalue weighted by Crippen LogP contribution is -2.26. The first-order valence-electron chi connectivity index (χ1n) is 5.59. The Morgan fingerprint density at radius 3 is 1.61 bits per heavy atom. The third-order valence-electron chi connectivity index (χ3n) is 3.44. The summed E-state index contributed by atoms with van der Waals surface area (Å²) >= 11 is 0. The van der Waals surface area contributed by atoms with Crippen LogP contribution >= 0.6 is 0 Å². The van der Waals surface area contributed by atoms with Crippen molar-refractivity contribution >= 4 is 22.7 Å². The quantitative estimate of drug-likeness (QED) is 0.719. The van der Waals surface area contributed by atoms with E-state index in [1.807, 2.05) is 0 Å². The molecule has 0 bridgehead atoms. The van der Waals surface area contributed by atoms with E-state index in [1.54, 1.807) is 12.1 Å². The zero-order chi connectivity index (χ0) is 12.9. The Balaban J connectivity index is 2.53. The number of carbonyl (C=O) groups excluding carboxylic acids is 2. The van der Waals surface area contributed by atoms with Crippen LogP contribution in [0, 0.1) is 0 Å². The van der Waals surface area contributed by atoms with Crippen LogP contribution in [0.25, 0.3) is 10.8 Å². The highest BCUT2D eigenvalue weighted by Gasteiger charge is 2.19. The lowest BCUT2D eigenvalue weighted by atomic mass is 9.95. The molecule has 2 aromatic rings. The van der Waals surface area contributed by atoms with E-state index >= 15 is 0 Å². The SMILES string of the molecule is O=C([O-])c1ccc2c3c(ccc(C(=O)[O-])c13)CC2. The molecule has 18 heavy (non-hydrogen) atoms. The lowest BCUT2D eigenvalue weighted by molar-refractivity contribution is -0.255. The molecule has 0 heterocycles. The van der Waals surface area contributed by atoms with Crippen molar-refractivity contribution in [1.82, 2.24) is 0 Å². The fourth-order valence-electron chi connectivity index (χ4n) is 2.67. The van der Waals surface area contributed by atoms with Crippen molar-refractivity contribution in [2.45, 2.75) is 12.8 Å². The minimum Gasteiger partial charge on any atom is -0.545 e. The van der Waals surface area contributed by atoms with Crippen molar-refractivity contribution in [1.29, 1.82) is 0 Å². The molecular weight excluding hydrogens is 232 g/mol. The Kier molecular flexibility index (Phi) is 2.13. The Hall–Kier alpha value is -2.36. The van der Waals surface area contributed by atoms with E-state index in [4.69, 9.17) is 0 Å². The zero-order valence-corrected chi connectivity index (χ0v) is 9.36.